The van der Waals surface area contributed by atoms with E-state index in [0.717, 1.165) is 34.4 Å². The van der Waals surface area contributed by atoms with E-state index in [9.17, 15) is 4.79 Å². The Hall–Kier alpha value is -1.84. The Morgan fingerprint density at radius 3 is 2.88 bits per heavy atom. The Kier molecular flexibility index (Phi) is 6.33. The minimum Gasteiger partial charge on any atom is -0.300 e. The van der Waals surface area contributed by atoms with Crippen molar-refractivity contribution in [3.63, 3.8) is 0 Å². The predicted octanol–water partition coefficient (Wildman–Crippen LogP) is 4.34. The molecule has 9 heteroatoms. The SMILES string of the molecule is CCCc1n[nH]c(=S)n1CC(=O)Nc1ncc(Cc2ccc(Br)cc2)s1. The van der Waals surface area contributed by atoms with Gasteiger partial charge in [-0.05, 0) is 36.3 Å². The topological polar surface area (TPSA) is 75.6 Å². The van der Waals surface area contributed by atoms with Gasteiger partial charge in [0.25, 0.3) is 0 Å². The fourth-order valence-electron chi connectivity index (χ4n) is 2.48. The van der Waals surface area contributed by atoms with E-state index >= 15 is 0 Å². The highest BCUT2D eigenvalue weighted by Crippen LogP contribution is 2.22. The number of aromatic nitrogens is 4. The third kappa shape index (κ3) is 4.87. The summed E-state index contributed by atoms with van der Waals surface area (Å²) in [6, 6.07) is 8.17. The highest BCUT2D eigenvalue weighted by molar-refractivity contribution is 9.10. The van der Waals surface area contributed by atoms with Gasteiger partial charge in [0.1, 0.15) is 12.4 Å². The number of nitrogens with one attached hydrogen (secondary N) is 2. The van der Waals surface area contributed by atoms with Gasteiger partial charge in [-0.1, -0.05) is 35.0 Å². The van der Waals surface area contributed by atoms with Crippen LogP contribution in [0.2, 0.25) is 0 Å². The lowest BCUT2D eigenvalue weighted by Crippen LogP contribution is -2.20. The van der Waals surface area contributed by atoms with E-state index in [-0.39, 0.29) is 12.5 Å². The molecule has 0 radical (unpaired) electrons. The van der Waals surface area contributed by atoms with Gasteiger partial charge in [0, 0.05) is 28.4 Å². The molecule has 0 unspecified atom stereocenters. The van der Waals surface area contributed by atoms with Gasteiger partial charge >= 0.3 is 0 Å². The Bertz CT molecular complexity index is 945. The highest BCUT2D eigenvalue weighted by atomic mass is 79.9. The molecule has 0 atom stereocenters. The number of rotatable bonds is 7. The van der Waals surface area contributed by atoms with Crippen LogP contribution in [-0.4, -0.2) is 25.7 Å². The van der Waals surface area contributed by atoms with Crippen molar-refractivity contribution in [1.29, 1.82) is 0 Å². The molecular formula is C17H18BrN5OS2. The molecule has 3 rings (SSSR count). The average molecular weight is 452 g/mol. The van der Waals surface area contributed by atoms with Crippen LogP contribution >= 0.6 is 39.5 Å². The highest BCUT2D eigenvalue weighted by Gasteiger charge is 2.12. The minimum atomic E-state index is -0.163. The number of nitrogens with zero attached hydrogens (tertiary/aromatic N) is 3. The second-order valence-electron chi connectivity index (χ2n) is 5.76. The third-order valence-electron chi connectivity index (χ3n) is 3.70. The first kappa shape index (κ1) is 18.9. The molecule has 2 aromatic heterocycles. The smallest absolute Gasteiger partial charge is 0.246 e. The fraction of sp³-hybridized carbons (Fsp3) is 0.294. The van der Waals surface area contributed by atoms with E-state index < -0.39 is 0 Å². The molecule has 1 aromatic carbocycles. The zero-order valence-electron chi connectivity index (χ0n) is 14.2. The van der Waals surface area contributed by atoms with Crippen LogP contribution in [0.5, 0.6) is 0 Å². The van der Waals surface area contributed by atoms with Crippen molar-refractivity contribution < 1.29 is 4.79 Å². The van der Waals surface area contributed by atoms with Gasteiger partial charge in [0.15, 0.2) is 9.90 Å². The van der Waals surface area contributed by atoms with Crippen LogP contribution in [-0.2, 0) is 24.2 Å². The first-order valence-electron chi connectivity index (χ1n) is 8.18. The van der Waals surface area contributed by atoms with Crippen molar-refractivity contribution in [1.82, 2.24) is 19.7 Å². The Balaban J connectivity index is 1.62. The van der Waals surface area contributed by atoms with Gasteiger partial charge in [-0.15, -0.1) is 11.3 Å². The van der Waals surface area contributed by atoms with Crippen molar-refractivity contribution >= 4 is 50.5 Å². The largest absolute Gasteiger partial charge is 0.300 e. The summed E-state index contributed by atoms with van der Waals surface area (Å²) in [7, 11) is 0. The molecule has 0 aliphatic rings. The number of hydrogen-bond acceptors (Lipinski definition) is 5. The van der Waals surface area contributed by atoms with Crippen LogP contribution in [0.15, 0.2) is 34.9 Å². The molecular weight excluding hydrogens is 434 g/mol. The second kappa shape index (κ2) is 8.70. The number of aryl methyl sites for hydroxylation is 1. The maximum absolute atomic E-state index is 12.3. The van der Waals surface area contributed by atoms with Gasteiger partial charge in [-0.25, -0.2) is 4.98 Å². The summed E-state index contributed by atoms with van der Waals surface area (Å²) in [5.41, 5.74) is 1.20. The summed E-state index contributed by atoms with van der Waals surface area (Å²) < 4.78 is 3.24. The number of thiazole rings is 1. The van der Waals surface area contributed by atoms with Crippen molar-refractivity contribution in [2.45, 2.75) is 32.7 Å². The average Bonchev–Trinajstić information content (AvgIpc) is 3.18. The molecule has 0 fully saturated rings. The van der Waals surface area contributed by atoms with E-state index in [1.807, 2.05) is 12.1 Å². The van der Waals surface area contributed by atoms with Crippen molar-refractivity contribution in [3.8, 4) is 0 Å². The number of hydrogen-bond donors (Lipinski definition) is 2. The molecule has 26 heavy (non-hydrogen) atoms. The number of anilines is 1. The number of H-pyrrole nitrogens is 1. The number of amides is 1. The summed E-state index contributed by atoms with van der Waals surface area (Å²) in [6.07, 6.45) is 4.30. The third-order valence-corrected chi connectivity index (χ3v) is 5.46. The molecule has 6 nitrogen and oxygen atoms in total. The quantitative estimate of drug-likeness (QED) is 0.523. The van der Waals surface area contributed by atoms with Crippen LogP contribution in [0.4, 0.5) is 5.13 Å². The summed E-state index contributed by atoms with van der Waals surface area (Å²) in [5.74, 6) is 0.632. The van der Waals surface area contributed by atoms with Gasteiger partial charge in [0.2, 0.25) is 5.91 Å². The van der Waals surface area contributed by atoms with Crippen LogP contribution in [0, 0.1) is 4.77 Å². The van der Waals surface area contributed by atoms with E-state index in [2.05, 4.69) is 55.5 Å². The summed E-state index contributed by atoms with van der Waals surface area (Å²) in [5, 5.41) is 10.4. The van der Waals surface area contributed by atoms with Gasteiger partial charge < -0.3 is 5.32 Å². The summed E-state index contributed by atoms with van der Waals surface area (Å²) in [4.78, 5) is 17.7. The Labute approximate surface area is 168 Å². The first-order valence-corrected chi connectivity index (χ1v) is 10.2. The molecule has 0 saturated heterocycles. The maximum Gasteiger partial charge on any atom is 0.246 e. The lowest BCUT2D eigenvalue weighted by Gasteiger charge is -2.05. The fourth-order valence-corrected chi connectivity index (χ4v) is 3.82. The molecule has 2 N–H and O–H groups in total. The van der Waals surface area contributed by atoms with E-state index in [4.69, 9.17) is 12.2 Å². The molecule has 2 heterocycles. The van der Waals surface area contributed by atoms with Gasteiger partial charge in [-0.2, -0.15) is 5.10 Å². The number of carbonyl (C=O) groups excluding carboxylic acids is 1. The lowest BCUT2D eigenvalue weighted by molar-refractivity contribution is -0.116. The number of carbonyl (C=O) groups is 1. The summed E-state index contributed by atoms with van der Waals surface area (Å²) >= 11 is 10.1. The predicted molar refractivity (Wildman–Crippen MR) is 109 cm³/mol. The van der Waals surface area contributed by atoms with Crippen LogP contribution in [0.1, 0.15) is 29.6 Å². The monoisotopic (exact) mass is 451 g/mol. The van der Waals surface area contributed by atoms with Crippen LogP contribution in [0.25, 0.3) is 0 Å². The van der Waals surface area contributed by atoms with E-state index in [0.29, 0.717) is 9.90 Å². The van der Waals surface area contributed by atoms with E-state index in [1.165, 1.54) is 16.9 Å². The minimum absolute atomic E-state index is 0.131. The molecule has 1 amide bonds. The lowest BCUT2D eigenvalue weighted by atomic mass is 10.1. The maximum atomic E-state index is 12.3. The molecule has 136 valence electrons. The van der Waals surface area contributed by atoms with Gasteiger partial charge in [0.05, 0.1) is 0 Å². The molecule has 0 bridgehead atoms. The first-order chi connectivity index (χ1) is 12.5. The number of aromatic amines is 1. The van der Waals surface area contributed by atoms with Crippen molar-refractivity contribution in [2.24, 2.45) is 0 Å². The van der Waals surface area contributed by atoms with Crippen LogP contribution < -0.4 is 5.32 Å². The second-order valence-corrected chi connectivity index (χ2v) is 8.18. The number of halogens is 1. The molecule has 0 aliphatic heterocycles. The van der Waals surface area contributed by atoms with Crippen molar-refractivity contribution in [3.05, 3.63) is 56.0 Å². The zero-order valence-corrected chi connectivity index (χ0v) is 17.4. The zero-order chi connectivity index (χ0) is 18.5. The number of benzene rings is 1. The van der Waals surface area contributed by atoms with Crippen LogP contribution in [0.3, 0.4) is 0 Å². The van der Waals surface area contributed by atoms with Crippen molar-refractivity contribution in [2.75, 3.05) is 5.32 Å². The standard InChI is InChI=1S/C17H18BrN5OS2/c1-2-3-14-21-22-17(25)23(14)10-15(24)20-16-19-9-13(26-16)8-11-4-6-12(18)7-5-11/h4-7,9H,2-3,8,10H2,1H3,(H,22,25)(H,19,20,24). The van der Waals surface area contributed by atoms with E-state index in [1.54, 1.807) is 10.8 Å². The molecule has 0 aliphatic carbocycles. The molecule has 3 aromatic rings. The normalized spacial score (nSPS) is 10.8. The van der Waals surface area contributed by atoms with Gasteiger partial charge in [-0.3, -0.25) is 14.5 Å². The summed E-state index contributed by atoms with van der Waals surface area (Å²) in [6.45, 7) is 2.19. The molecule has 0 spiro atoms. The molecule has 0 saturated carbocycles. The Morgan fingerprint density at radius 2 is 2.15 bits per heavy atom. The Morgan fingerprint density at radius 1 is 1.38 bits per heavy atom.